The van der Waals surface area contributed by atoms with Gasteiger partial charge in [-0.25, -0.2) is 4.79 Å². The Morgan fingerprint density at radius 3 is 2.32 bits per heavy atom. The van der Waals surface area contributed by atoms with E-state index in [0.717, 1.165) is 16.0 Å². The Labute approximate surface area is 164 Å². The van der Waals surface area contributed by atoms with E-state index in [2.05, 4.69) is 4.98 Å². The van der Waals surface area contributed by atoms with Gasteiger partial charge in [0.15, 0.2) is 16.9 Å². The van der Waals surface area contributed by atoms with Crippen molar-refractivity contribution in [3.05, 3.63) is 67.1 Å². The molecular formula is C19H18ClN5O3. The van der Waals surface area contributed by atoms with Crippen molar-refractivity contribution in [1.82, 2.24) is 23.1 Å². The first-order valence-corrected chi connectivity index (χ1v) is 9.02. The van der Waals surface area contributed by atoms with Gasteiger partial charge in [0.2, 0.25) is 5.78 Å². The lowest BCUT2D eigenvalue weighted by atomic mass is 10.1. The molecule has 0 amide bonds. The third-order valence-electron chi connectivity index (χ3n) is 5.25. The monoisotopic (exact) mass is 399 g/mol. The standard InChI is InChI=1S/C19H18ClN5O3/c1-10-11(2)25-15-16(21-18(25)22(10)3)23(4)19(28)24(17(15)27)9-14(26)12-5-7-13(20)8-6-12/h5-8H,9H2,1-4H3. The molecule has 0 saturated heterocycles. The van der Waals surface area contributed by atoms with E-state index >= 15 is 0 Å². The number of rotatable bonds is 3. The quantitative estimate of drug-likeness (QED) is 0.492. The minimum Gasteiger partial charge on any atom is -0.317 e. The number of hydrogen-bond donors (Lipinski definition) is 0. The Balaban J connectivity index is 1.96. The Morgan fingerprint density at radius 1 is 1.04 bits per heavy atom. The number of fused-ring (bicyclic) bond motifs is 3. The fraction of sp³-hybridized carbons (Fsp3) is 0.263. The van der Waals surface area contributed by atoms with Crippen LogP contribution in [-0.4, -0.2) is 28.9 Å². The van der Waals surface area contributed by atoms with Crippen LogP contribution >= 0.6 is 11.6 Å². The van der Waals surface area contributed by atoms with Crippen LogP contribution < -0.4 is 11.2 Å². The van der Waals surface area contributed by atoms with E-state index in [4.69, 9.17) is 11.6 Å². The van der Waals surface area contributed by atoms with Gasteiger partial charge in [-0.3, -0.25) is 23.1 Å². The zero-order valence-electron chi connectivity index (χ0n) is 15.9. The van der Waals surface area contributed by atoms with Gasteiger partial charge in [0.05, 0.1) is 6.54 Å². The van der Waals surface area contributed by atoms with E-state index in [-0.39, 0.29) is 17.8 Å². The summed E-state index contributed by atoms with van der Waals surface area (Å²) in [5, 5.41) is 0.502. The molecule has 144 valence electrons. The Bertz CT molecular complexity index is 1390. The number of benzene rings is 1. The molecule has 0 unspecified atom stereocenters. The number of hydrogen-bond acceptors (Lipinski definition) is 4. The summed E-state index contributed by atoms with van der Waals surface area (Å²) in [6.45, 7) is 3.46. The van der Waals surface area contributed by atoms with Crippen LogP contribution in [0, 0.1) is 13.8 Å². The zero-order chi connectivity index (χ0) is 20.3. The van der Waals surface area contributed by atoms with Crippen molar-refractivity contribution in [2.24, 2.45) is 14.1 Å². The first-order valence-electron chi connectivity index (χ1n) is 8.65. The lowest BCUT2D eigenvalue weighted by Gasteiger charge is -2.08. The maximum absolute atomic E-state index is 13.2. The fourth-order valence-corrected chi connectivity index (χ4v) is 3.54. The molecule has 28 heavy (non-hydrogen) atoms. The molecule has 0 spiro atoms. The zero-order valence-corrected chi connectivity index (χ0v) is 16.6. The Kier molecular flexibility index (Phi) is 4.04. The predicted molar refractivity (Wildman–Crippen MR) is 106 cm³/mol. The van der Waals surface area contributed by atoms with Crippen molar-refractivity contribution >= 4 is 34.3 Å². The van der Waals surface area contributed by atoms with E-state index in [1.54, 1.807) is 35.7 Å². The second kappa shape index (κ2) is 6.20. The molecule has 8 nitrogen and oxygen atoms in total. The molecule has 0 atom stereocenters. The van der Waals surface area contributed by atoms with Gasteiger partial charge in [0.25, 0.3) is 5.56 Å². The highest BCUT2D eigenvalue weighted by atomic mass is 35.5. The van der Waals surface area contributed by atoms with Gasteiger partial charge < -0.3 is 4.57 Å². The molecule has 0 saturated carbocycles. The summed E-state index contributed by atoms with van der Waals surface area (Å²) in [6.07, 6.45) is 0. The summed E-state index contributed by atoms with van der Waals surface area (Å²) in [5.74, 6) is 0.218. The maximum Gasteiger partial charge on any atom is 0.332 e. The van der Waals surface area contributed by atoms with Gasteiger partial charge >= 0.3 is 5.69 Å². The second-order valence-corrected chi connectivity index (χ2v) is 7.25. The average molecular weight is 400 g/mol. The summed E-state index contributed by atoms with van der Waals surface area (Å²) in [4.78, 5) is 43.0. The molecular weight excluding hydrogens is 382 g/mol. The normalized spacial score (nSPS) is 11.6. The van der Waals surface area contributed by atoms with Crippen LogP contribution in [0.15, 0.2) is 33.9 Å². The number of ketones is 1. The van der Waals surface area contributed by atoms with Crippen LogP contribution in [0.4, 0.5) is 0 Å². The molecule has 9 heteroatoms. The summed E-state index contributed by atoms with van der Waals surface area (Å²) in [5.41, 5.74) is 1.64. The molecule has 0 bridgehead atoms. The average Bonchev–Trinajstić information content (AvgIpc) is 3.17. The van der Waals surface area contributed by atoms with Crippen molar-refractivity contribution in [1.29, 1.82) is 0 Å². The molecule has 1 aromatic carbocycles. The van der Waals surface area contributed by atoms with Gasteiger partial charge in [-0.15, -0.1) is 0 Å². The maximum atomic E-state index is 13.2. The van der Waals surface area contributed by atoms with Crippen molar-refractivity contribution < 1.29 is 4.79 Å². The summed E-state index contributed by atoms with van der Waals surface area (Å²) < 4.78 is 5.85. The predicted octanol–water partition coefficient (Wildman–Crippen LogP) is 1.84. The number of carbonyl (C=O) groups excluding carboxylic acids is 1. The van der Waals surface area contributed by atoms with E-state index in [0.29, 0.717) is 22.0 Å². The van der Waals surface area contributed by atoms with Gasteiger partial charge in [-0.1, -0.05) is 11.6 Å². The fourth-order valence-electron chi connectivity index (χ4n) is 3.42. The minimum absolute atomic E-state index is 0.280. The van der Waals surface area contributed by atoms with Crippen LogP contribution in [-0.2, 0) is 20.6 Å². The highest BCUT2D eigenvalue weighted by molar-refractivity contribution is 6.30. The van der Waals surface area contributed by atoms with E-state index in [9.17, 15) is 14.4 Å². The van der Waals surface area contributed by atoms with Crippen LogP contribution in [0.2, 0.25) is 5.02 Å². The first-order chi connectivity index (χ1) is 13.2. The topological polar surface area (TPSA) is 83.3 Å². The molecule has 0 radical (unpaired) electrons. The number of nitrogens with zero attached hydrogens (tertiary/aromatic N) is 5. The molecule has 3 aromatic heterocycles. The molecule has 4 rings (SSSR count). The number of halogens is 1. The first kappa shape index (κ1) is 18.2. The van der Waals surface area contributed by atoms with Crippen LogP contribution in [0.25, 0.3) is 16.9 Å². The van der Waals surface area contributed by atoms with Crippen LogP contribution in [0.3, 0.4) is 0 Å². The van der Waals surface area contributed by atoms with Gasteiger partial charge in [0.1, 0.15) is 0 Å². The number of Topliss-reactive ketones (excluding diaryl/α,β-unsaturated/α-hetero) is 1. The third kappa shape index (κ3) is 2.45. The lowest BCUT2D eigenvalue weighted by Crippen LogP contribution is -2.41. The summed E-state index contributed by atoms with van der Waals surface area (Å²) >= 11 is 5.85. The lowest BCUT2D eigenvalue weighted by molar-refractivity contribution is 0.0969. The molecule has 4 aromatic rings. The smallest absolute Gasteiger partial charge is 0.317 e. The van der Waals surface area contributed by atoms with Crippen molar-refractivity contribution in [3.63, 3.8) is 0 Å². The number of imidazole rings is 2. The highest BCUT2D eigenvalue weighted by Crippen LogP contribution is 2.19. The van der Waals surface area contributed by atoms with Crippen molar-refractivity contribution in [3.8, 4) is 0 Å². The van der Waals surface area contributed by atoms with Crippen LogP contribution in [0.5, 0.6) is 0 Å². The molecule has 0 aliphatic heterocycles. The largest absolute Gasteiger partial charge is 0.332 e. The SMILES string of the molecule is Cc1c(C)n2c3c(=O)n(CC(=O)c4ccc(Cl)cc4)c(=O)n(C)c3nc2n1C. The Hall–Kier alpha value is -3.13. The molecule has 0 N–H and O–H groups in total. The summed E-state index contributed by atoms with van der Waals surface area (Å²) in [6, 6.07) is 6.33. The number of aromatic nitrogens is 5. The second-order valence-electron chi connectivity index (χ2n) is 6.81. The van der Waals surface area contributed by atoms with Crippen LogP contribution in [0.1, 0.15) is 21.7 Å². The van der Waals surface area contributed by atoms with Gasteiger partial charge in [-0.2, -0.15) is 4.98 Å². The minimum atomic E-state index is -0.586. The van der Waals surface area contributed by atoms with E-state index in [1.807, 2.05) is 25.5 Å². The molecule has 0 fully saturated rings. The van der Waals surface area contributed by atoms with Crippen molar-refractivity contribution in [2.45, 2.75) is 20.4 Å². The van der Waals surface area contributed by atoms with Gasteiger partial charge in [-0.05, 0) is 38.1 Å². The summed E-state index contributed by atoms with van der Waals surface area (Å²) in [7, 11) is 3.40. The van der Waals surface area contributed by atoms with Crippen molar-refractivity contribution in [2.75, 3.05) is 0 Å². The molecule has 0 aliphatic carbocycles. The molecule has 3 heterocycles. The Morgan fingerprint density at radius 2 is 1.68 bits per heavy atom. The third-order valence-corrected chi connectivity index (χ3v) is 5.51. The van der Waals surface area contributed by atoms with Gasteiger partial charge in [0, 0.05) is 36.1 Å². The van der Waals surface area contributed by atoms with E-state index in [1.165, 1.54) is 4.57 Å². The van der Waals surface area contributed by atoms with E-state index < -0.39 is 11.2 Å². The number of aryl methyl sites for hydroxylation is 3. The molecule has 0 aliphatic rings. The highest BCUT2D eigenvalue weighted by Gasteiger charge is 2.22. The number of carbonyl (C=O) groups is 1.